The van der Waals surface area contributed by atoms with Crippen LogP contribution in [0.15, 0.2) is 51.8 Å². The van der Waals surface area contributed by atoms with Crippen molar-refractivity contribution in [3.63, 3.8) is 0 Å². The summed E-state index contributed by atoms with van der Waals surface area (Å²) < 4.78 is 16.2. The Morgan fingerprint density at radius 1 is 1.16 bits per heavy atom. The molecule has 0 fully saturated rings. The third-order valence-corrected chi connectivity index (χ3v) is 5.50. The standard InChI is InChI=1S/C24H24N2O5/c1-14-18(24(28)31-21-11-16(29-2)10-20(30-3)23(14)21)12-22(27)25-9-8-15-13-26-19-7-5-4-6-17(15)19/h4-7,10-11,13,26H,8-9,12H2,1-3H3,(H,25,27). The molecule has 0 aliphatic heterocycles. The van der Waals surface area contributed by atoms with Crippen LogP contribution in [0.4, 0.5) is 0 Å². The second-order valence-electron chi connectivity index (χ2n) is 7.33. The van der Waals surface area contributed by atoms with Crippen molar-refractivity contribution in [3.8, 4) is 11.5 Å². The molecule has 0 unspecified atom stereocenters. The van der Waals surface area contributed by atoms with Crippen molar-refractivity contribution in [1.82, 2.24) is 10.3 Å². The summed E-state index contributed by atoms with van der Waals surface area (Å²) in [5.74, 6) is 0.813. The van der Waals surface area contributed by atoms with Crippen molar-refractivity contribution >= 4 is 27.8 Å². The Kier molecular flexibility index (Phi) is 5.66. The molecule has 4 aromatic rings. The Bertz CT molecular complexity index is 1320. The number of aromatic amines is 1. The number of benzene rings is 2. The summed E-state index contributed by atoms with van der Waals surface area (Å²) in [6.45, 7) is 2.27. The van der Waals surface area contributed by atoms with Crippen LogP contribution in [0.3, 0.4) is 0 Å². The van der Waals surface area contributed by atoms with E-state index in [0.29, 0.717) is 46.6 Å². The monoisotopic (exact) mass is 420 g/mol. The summed E-state index contributed by atoms with van der Waals surface area (Å²) in [7, 11) is 3.07. The first kappa shape index (κ1) is 20.5. The molecule has 7 nitrogen and oxygen atoms in total. The molecule has 4 rings (SSSR count). The normalized spacial score (nSPS) is 11.1. The summed E-state index contributed by atoms with van der Waals surface area (Å²) in [6.07, 6.45) is 2.58. The molecule has 1 amide bonds. The van der Waals surface area contributed by atoms with Gasteiger partial charge in [-0.1, -0.05) is 18.2 Å². The van der Waals surface area contributed by atoms with E-state index in [2.05, 4.69) is 16.4 Å². The van der Waals surface area contributed by atoms with E-state index in [-0.39, 0.29) is 12.3 Å². The first-order valence-electron chi connectivity index (χ1n) is 10.0. The predicted octanol–water partition coefficient (Wildman–Crippen LogP) is 3.50. The van der Waals surface area contributed by atoms with Crippen LogP contribution in [0.5, 0.6) is 11.5 Å². The lowest BCUT2D eigenvalue weighted by Gasteiger charge is -2.12. The maximum atomic E-state index is 12.6. The van der Waals surface area contributed by atoms with E-state index >= 15 is 0 Å². The van der Waals surface area contributed by atoms with Gasteiger partial charge in [-0.2, -0.15) is 0 Å². The summed E-state index contributed by atoms with van der Waals surface area (Å²) >= 11 is 0. The molecule has 0 aliphatic rings. The first-order chi connectivity index (χ1) is 15.0. The maximum absolute atomic E-state index is 12.6. The van der Waals surface area contributed by atoms with Gasteiger partial charge in [-0.05, 0) is 30.5 Å². The third kappa shape index (κ3) is 3.99. The highest BCUT2D eigenvalue weighted by Gasteiger charge is 2.18. The summed E-state index contributed by atoms with van der Waals surface area (Å²) in [5, 5.41) is 4.70. The van der Waals surface area contributed by atoms with Gasteiger partial charge in [0, 0.05) is 35.8 Å². The average molecular weight is 420 g/mol. The van der Waals surface area contributed by atoms with Gasteiger partial charge in [-0.25, -0.2) is 4.79 Å². The van der Waals surface area contributed by atoms with Crippen molar-refractivity contribution in [1.29, 1.82) is 0 Å². The summed E-state index contributed by atoms with van der Waals surface area (Å²) in [5.41, 5.74) is 3.02. The Morgan fingerprint density at radius 2 is 1.97 bits per heavy atom. The zero-order chi connectivity index (χ0) is 22.0. The molecule has 2 heterocycles. The summed E-state index contributed by atoms with van der Waals surface area (Å²) in [6, 6.07) is 11.4. The predicted molar refractivity (Wildman–Crippen MR) is 119 cm³/mol. The number of nitrogens with one attached hydrogen (secondary N) is 2. The number of rotatable bonds is 7. The maximum Gasteiger partial charge on any atom is 0.340 e. The number of carbonyl (C=O) groups is 1. The smallest absolute Gasteiger partial charge is 0.340 e. The lowest BCUT2D eigenvalue weighted by Crippen LogP contribution is -2.29. The molecule has 0 saturated carbocycles. The summed E-state index contributed by atoms with van der Waals surface area (Å²) in [4.78, 5) is 28.3. The number of aromatic nitrogens is 1. The van der Waals surface area contributed by atoms with Gasteiger partial charge in [0.05, 0.1) is 31.6 Å². The zero-order valence-electron chi connectivity index (χ0n) is 17.7. The molecule has 2 aromatic carbocycles. The molecule has 0 radical (unpaired) electrons. The second kappa shape index (κ2) is 8.55. The second-order valence-corrected chi connectivity index (χ2v) is 7.33. The number of amides is 1. The van der Waals surface area contributed by atoms with Gasteiger partial charge in [0.25, 0.3) is 0 Å². The number of H-pyrrole nitrogens is 1. The Hall–Kier alpha value is -3.74. The fourth-order valence-electron chi connectivity index (χ4n) is 3.86. The number of aryl methyl sites for hydroxylation is 1. The Balaban J connectivity index is 1.51. The third-order valence-electron chi connectivity index (χ3n) is 5.50. The van der Waals surface area contributed by atoms with E-state index in [4.69, 9.17) is 13.9 Å². The van der Waals surface area contributed by atoms with Gasteiger partial charge in [0.2, 0.25) is 5.91 Å². The minimum Gasteiger partial charge on any atom is -0.496 e. The lowest BCUT2D eigenvalue weighted by molar-refractivity contribution is -0.120. The van der Waals surface area contributed by atoms with Crippen molar-refractivity contribution < 1.29 is 18.7 Å². The van der Waals surface area contributed by atoms with Crippen LogP contribution in [-0.2, 0) is 17.6 Å². The average Bonchev–Trinajstić information content (AvgIpc) is 3.18. The molecule has 0 saturated heterocycles. The number of carbonyl (C=O) groups excluding carboxylic acids is 1. The number of ether oxygens (including phenoxy) is 2. The van der Waals surface area contributed by atoms with E-state index in [1.165, 1.54) is 14.2 Å². The van der Waals surface area contributed by atoms with Crippen molar-refractivity contribution in [2.24, 2.45) is 0 Å². The van der Waals surface area contributed by atoms with Crippen molar-refractivity contribution in [2.75, 3.05) is 20.8 Å². The molecular formula is C24H24N2O5. The van der Waals surface area contributed by atoms with Crippen LogP contribution >= 0.6 is 0 Å². The highest BCUT2D eigenvalue weighted by Crippen LogP contribution is 2.33. The highest BCUT2D eigenvalue weighted by atomic mass is 16.5. The van der Waals surface area contributed by atoms with Crippen molar-refractivity contribution in [3.05, 3.63) is 69.7 Å². The Labute approximate surface area is 179 Å². The van der Waals surface area contributed by atoms with Gasteiger partial charge < -0.3 is 24.2 Å². The number of hydrogen-bond acceptors (Lipinski definition) is 5. The molecule has 2 aromatic heterocycles. The van der Waals surface area contributed by atoms with E-state index in [1.54, 1.807) is 19.1 Å². The fraction of sp³-hybridized carbons (Fsp3) is 0.250. The molecule has 0 aliphatic carbocycles. The minimum absolute atomic E-state index is 0.0623. The molecule has 31 heavy (non-hydrogen) atoms. The van der Waals surface area contributed by atoms with Crippen LogP contribution in [0, 0.1) is 6.92 Å². The fourth-order valence-corrected chi connectivity index (χ4v) is 3.86. The zero-order valence-corrected chi connectivity index (χ0v) is 17.7. The van der Waals surface area contributed by atoms with Gasteiger partial charge in [0.15, 0.2) is 0 Å². The van der Waals surface area contributed by atoms with Gasteiger partial charge >= 0.3 is 5.63 Å². The topological polar surface area (TPSA) is 93.6 Å². The number of methoxy groups -OCH3 is 2. The highest BCUT2D eigenvalue weighted by molar-refractivity contribution is 5.90. The molecule has 2 N–H and O–H groups in total. The van der Waals surface area contributed by atoms with E-state index in [9.17, 15) is 9.59 Å². The van der Waals surface area contributed by atoms with Crippen LogP contribution in [0.25, 0.3) is 21.9 Å². The van der Waals surface area contributed by atoms with Crippen LogP contribution in [0.2, 0.25) is 0 Å². The van der Waals surface area contributed by atoms with Gasteiger partial charge in [-0.15, -0.1) is 0 Å². The van der Waals surface area contributed by atoms with Crippen molar-refractivity contribution in [2.45, 2.75) is 19.8 Å². The molecule has 160 valence electrons. The van der Waals surface area contributed by atoms with Gasteiger partial charge in [0.1, 0.15) is 17.1 Å². The Morgan fingerprint density at radius 3 is 2.74 bits per heavy atom. The molecule has 0 atom stereocenters. The molecular weight excluding hydrogens is 396 g/mol. The molecule has 0 bridgehead atoms. The van der Waals surface area contributed by atoms with Crippen LogP contribution in [0.1, 0.15) is 16.7 Å². The largest absolute Gasteiger partial charge is 0.496 e. The van der Waals surface area contributed by atoms with E-state index in [1.807, 2.05) is 24.4 Å². The quantitative estimate of drug-likeness (QED) is 0.447. The van der Waals surface area contributed by atoms with Crippen LogP contribution < -0.4 is 20.4 Å². The SMILES string of the molecule is COc1cc(OC)c2c(C)c(CC(=O)NCCc3c[nH]c4ccccc34)c(=O)oc2c1. The number of fused-ring (bicyclic) bond motifs is 2. The van der Waals surface area contributed by atoms with Crippen LogP contribution in [-0.4, -0.2) is 31.7 Å². The lowest BCUT2D eigenvalue weighted by atomic mass is 10.0. The van der Waals surface area contributed by atoms with E-state index < -0.39 is 5.63 Å². The number of para-hydroxylation sites is 1. The molecule has 7 heteroatoms. The van der Waals surface area contributed by atoms with E-state index in [0.717, 1.165) is 16.5 Å². The number of hydrogen-bond donors (Lipinski definition) is 2. The minimum atomic E-state index is -0.535. The first-order valence-corrected chi connectivity index (χ1v) is 10.0. The van der Waals surface area contributed by atoms with Gasteiger partial charge in [-0.3, -0.25) is 4.79 Å². The molecule has 0 spiro atoms.